The highest BCUT2D eigenvalue weighted by atomic mass is 32.1. The number of hydrogen-bond acceptors (Lipinski definition) is 4. The van der Waals surface area contributed by atoms with Gasteiger partial charge in [-0.3, -0.25) is 9.97 Å². The third kappa shape index (κ3) is 3.71. The predicted octanol–water partition coefficient (Wildman–Crippen LogP) is 4.45. The van der Waals surface area contributed by atoms with Crippen LogP contribution in [0.4, 0.5) is 0 Å². The molecule has 4 heterocycles. The summed E-state index contributed by atoms with van der Waals surface area (Å²) < 4.78 is 7.82. The quantitative estimate of drug-likeness (QED) is 0.446. The van der Waals surface area contributed by atoms with Crippen LogP contribution in [0.3, 0.4) is 0 Å². The zero-order valence-electron chi connectivity index (χ0n) is 17.6. The number of hydrogen-bond donors (Lipinski definition) is 1. The summed E-state index contributed by atoms with van der Waals surface area (Å²) in [4.78, 5) is 11.0. The minimum atomic E-state index is -0.0890. The van der Waals surface area contributed by atoms with Crippen molar-refractivity contribution in [2.24, 2.45) is 0 Å². The second kappa shape index (κ2) is 8.80. The Balaban J connectivity index is 1.62. The van der Waals surface area contributed by atoms with Crippen LogP contribution in [0.25, 0.3) is 5.69 Å². The summed E-state index contributed by atoms with van der Waals surface area (Å²) >= 11 is 5.81. The molecule has 1 aliphatic rings. The van der Waals surface area contributed by atoms with Crippen LogP contribution in [0.5, 0.6) is 5.75 Å². The number of nitrogens with one attached hydrogen (secondary N) is 1. The van der Waals surface area contributed by atoms with Gasteiger partial charge in [-0.2, -0.15) is 0 Å². The van der Waals surface area contributed by atoms with Gasteiger partial charge in [0.05, 0.1) is 30.6 Å². The number of methoxy groups -OCH3 is 1. The van der Waals surface area contributed by atoms with Gasteiger partial charge in [0.2, 0.25) is 0 Å². The lowest BCUT2D eigenvalue weighted by molar-refractivity contribution is 0.301. The standard InChI is InChI=1S/C25H23N5OS/c1-31-22-10-3-2-8-20(22)29-16-6-9-21(29)24-23(19-7-4-5-13-27-19)28-25(32)30(24)17-18-11-14-26-15-12-18/h2-16,23-24H,17H2,1H3,(H,28,32)/t23-,24+/m1/s1. The highest BCUT2D eigenvalue weighted by Crippen LogP contribution is 2.41. The Hall–Kier alpha value is -3.71. The minimum absolute atomic E-state index is 0.0644. The molecule has 1 N–H and O–H groups in total. The topological polar surface area (TPSA) is 55.2 Å². The molecular formula is C25H23N5OS. The van der Waals surface area contributed by atoms with Crippen LogP contribution >= 0.6 is 12.2 Å². The number of para-hydroxylation sites is 2. The Morgan fingerprint density at radius 2 is 1.78 bits per heavy atom. The molecule has 1 saturated heterocycles. The first-order valence-corrected chi connectivity index (χ1v) is 10.8. The van der Waals surface area contributed by atoms with Gasteiger partial charge in [0.25, 0.3) is 0 Å². The maximum absolute atomic E-state index is 5.81. The monoisotopic (exact) mass is 441 g/mol. The average molecular weight is 442 g/mol. The fraction of sp³-hybridized carbons (Fsp3) is 0.160. The van der Waals surface area contributed by atoms with Crippen molar-refractivity contribution in [2.45, 2.75) is 18.6 Å². The lowest BCUT2D eigenvalue weighted by Crippen LogP contribution is -2.30. The van der Waals surface area contributed by atoms with Gasteiger partial charge in [-0.15, -0.1) is 0 Å². The third-order valence-electron chi connectivity index (χ3n) is 5.73. The van der Waals surface area contributed by atoms with Crippen molar-refractivity contribution in [3.63, 3.8) is 0 Å². The summed E-state index contributed by atoms with van der Waals surface area (Å²) in [5.74, 6) is 0.813. The molecule has 0 amide bonds. The molecule has 1 aromatic carbocycles. The fourth-order valence-corrected chi connectivity index (χ4v) is 4.57. The smallest absolute Gasteiger partial charge is 0.170 e. The number of pyridine rings is 2. The van der Waals surface area contributed by atoms with Crippen LogP contribution in [0.15, 0.2) is 91.5 Å². The Kier molecular flexibility index (Phi) is 5.56. The molecule has 1 fully saturated rings. The van der Waals surface area contributed by atoms with E-state index in [4.69, 9.17) is 17.0 Å². The molecule has 0 unspecified atom stereocenters. The summed E-state index contributed by atoms with van der Waals surface area (Å²) in [6.45, 7) is 0.666. The fourth-order valence-electron chi connectivity index (χ4n) is 4.27. The predicted molar refractivity (Wildman–Crippen MR) is 128 cm³/mol. The van der Waals surface area contributed by atoms with E-state index in [-0.39, 0.29) is 12.1 Å². The molecule has 32 heavy (non-hydrogen) atoms. The first-order chi connectivity index (χ1) is 15.8. The van der Waals surface area contributed by atoms with Crippen LogP contribution in [-0.4, -0.2) is 31.7 Å². The average Bonchev–Trinajstić information content (AvgIpc) is 3.45. The first kappa shape index (κ1) is 20.2. The van der Waals surface area contributed by atoms with E-state index < -0.39 is 0 Å². The zero-order chi connectivity index (χ0) is 21.9. The lowest BCUT2D eigenvalue weighted by atomic mass is 10.0. The summed E-state index contributed by atoms with van der Waals surface area (Å²) in [6.07, 6.45) is 7.51. The van der Waals surface area contributed by atoms with Gasteiger partial charge in [-0.25, -0.2) is 0 Å². The third-order valence-corrected chi connectivity index (χ3v) is 6.08. The van der Waals surface area contributed by atoms with Crippen molar-refractivity contribution >= 4 is 17.3 Å². The second-order valence-corrected chi connectivity index (χ2v) is 7.97. The Morgan fingerprint density at radius 1 is 0.969 bits per heavy atom. The number of aromatic nitrogens is 3. The van der Waals surface area contributed by atoms with E-state index in [2.05, 4.69) is 49.1 Å². The number of ether oxygens (including phenoxy) is 1. The first-order valence-electron chi connectivity index (χ1n) is 10.4. The minimum Gasteiger partial charge on any atom is -0.495 e. The molecule has 2 atom stereocenters. The van der Waals surface area contributed by atoms with Crippen LogP contribution in [0, 0.1) is 0 Å². The van der Waals surface area contributed by atoms with Crippen LogP contribution < -0.4 is 10.1 Å². The van der Waals surface area contributed by atoms with Crippen LogP contribution in [0.2, 0.25) is 0 Å². The molecule has 0 saturated carbocycles. The van der Waals surface area contributed by atoms with E-state index in [9.17, 15) is 0 Å². The molecule has 0 bridgehead atoms. The van der Waals surface area contributed by atoms with Gasteiger partial charge in [0.15, 0.2) is 5.11 Å². The normalized spacial score (nSPS) is 17.9. The van der Waals surface area contributed by atoms with Crippen LogP contribution in [0.1, 0.15) is 29.0 Å². The van der Waals surface area contributed by atoms with Crippen molar-refractivity contribution in [1.29, 1.82) is 0 Å². The van der Waals surface area contributed by atoms with E-state index in [1.54, 1.807) is 7.11 Å². The molecule has 5 rings (SSSR count). The van der Waals surface area contributed by atoms with E-state index in [0.717, 1.165) is 28.4 Å². The number of rotatable bonds is 6. The Morgan fingerprint density at radius 3 is 2.56 bits per heavy atom. The maximum atomic E-state index is 5.81. The number of benzene rings is 1. The van der Waals surface area contributed by atoms with Crippen molar-refractivity contribution in [3.8, 4) is 11.4 Å². The van der Waals surface area contributed by atoms with Crippen molar-refractivity contribution in [1.82, 2.24) is 24.8 Å². The highest BCUT2D eigenvalue weighted by molar-refractivity contribution is 7.80. The number of thiocarbonyl (C=S) groups is 1. The molecule has 0 aliphatic carbocycles. The molecule has 6 nitrogen and oxygen atoms in total. The van der Waals surface area contributed by atoms with Gasteiger partial charge in [0, 0.05) is 37.0 Å². The van der Waals surface area contributed by atoms with Gasteiger partial charge in [0.1, 0.15) is 5.75 Å². The zero-order valence-corrected chi connectivity index (χ0v) is 18.4. The summed E-state index contributed by atoms with van der Waals surface area (Å²) in [5.41, 5.74) is 4.18. The summed E-state index contributed by atoms with van der Waals surface area (Å²) in [7, 11) is 1.70. The second-order valence-electron chi connectivity index (χ2n) is 7.58. The molecule has 0 spiro atoms. The Bertz CT molecular complexity index is 1210. The molecule has 0 radical (unpaired) electrons. The maximum Gasteiger partial charge on any atom is 0.170 e. The molecule has 4 aromatic rings. The van der Waals surface area contributed by atoms with E-state index in [1.165, 1.54) is 0 Å². The Labute approximate surface area is 192 Å². The SMILES string of the molecule is COc1ccccc1-n1cccc1[C@H]1[C@@H](c2ccccn2)NC(=S)N1Cc1ccncc1. The molecule has 3 aromatic heterocycles. The van der Waals surface area contributed by atoms with Gasteiger partial charge < -0.3 is 19.5 Å². The van der Waals surface area contributed by atoms with E-state index in [0.29, 0.717) is 11.7 Å². The van der Waals surface area contributed by atoms with Gasteiger partial charge in [-0.05, 0) is 66.3 Å². The van der Waals surface area contributed by atoms with E-state index in [1.807, 2.05) is 67.1 Å². The van der Waals surface area contributed by atoms with Crippen molar-refractivity contribution in [3.05, 3.63) is 108 Å². The van der Waals surface area contributed by atoms with E-state index >= 15 is 0 Å². The van der Waals surface area contributed by atoms with Crippen molar-refractivity contribution < 1.29 is 4.74 Å². The molecule has 1 aliphatic heterocycles. The van der Waals surface area contributed by atoms with Gasteiger partial charge in [-0.1, -0.05) is 18.2 Å². The summed E-state index contributed by atoms with van der Waals surface area (Å²) in [5, 5.41) is 4.22. The molecule has 7 heteroatoms. The lowest BCUT2D eigenvalue weighted by Gasteiger charge is -2.29. The number of nitrogens with zero attached hydrogens (tertiary/aromatic N) is 4. The van der Waals surface area contributed by atoms with Crippen molar-refractivity contribution in [2.75, 3.05) is 7.11 Å². The molecular weight excluding hydrogens is 418 g/mol. The highest BCUT2D eigenvalue weighted by Gasteiger charge is 2.41. The van der Waals surface area contributed by atoms with Crippen LogP contribution in [-0.2, 0) is 6.54 Å². The molecule has 160 valence electrons. The summed E-state index contributed by atoms with van der Waals surface area (Å²) in [6, 6.07) is 22.1. The van der Waals surface area contributed by atoms with Gasteiger partial charge >= 0.3 is 0 Å². The largest absolute Gasteiger partial charge is 0.495 e.